The summed E-state index contributed by atoms with van der Waals surface area (Å²) in [6.07, 6.45) is 0.814. The van der Waals surface area contributed by atoms with Gasteiger partial charge in [-0.25, -0.2) is 0 Å². The molecule has 1 aromatic heterocycles. The van der Waals surface area contributed by atoms with E-state index in [4.69, 9.17) is 10.2 Å². The van der Waals surface area contributed by atoms with Crippen molar-refractivity contribution in [3.63, 3.8) is 0 Å². The quantitative estimate of drug-likeness (QED) is 0.884. The van der Waals surface area contributed by atoms with Crippen LogP contribution in [0.5, 0.6) is 0 Å². The maximum Gasteiger partial charge on any atom is 0.289 e. The first-order valence-electron chi connectivity index (χ1n) is 6.01. The number of likely N-dealkylation sites (tertiary alicyclic amines) is 1. The predicted octanol–water partition coefficient (Wildman–Crippen LogP) is 0.674. The fourth-order valence-electron chi connectivity index (χ4n) is 2.01. The molecule has 104 valence electrons. The smallest absolute Gasteiger partial charge is 0.289 e. The van der Waals surface area contributed by atoms with Crippen molar-refractivity contribution >= 4 is 27.7 Å². The number of carbonyl (C=O) groups is 2. The van der Waals surface area contributed by atoms with Gasteiger partial charge in [-0.05, 0) is 34.5 Å². The van der Waals surface area contributed by atoms with Gasteiger partial charge in [-0.2, -0.15) is 0 Å². The highest BCUT2D eigenvalue weighted by molar-refractivity contribution is 9.10. The summed E-state index contributed by atoms with van der Waals surface area (Å²) in [4.78, 5) is 27.0. The Balaban J connectivity index is 1.91. The van der Waals surface area contributed by atoms with Crippen molar-refractivity contribution in [3.05, 3.63) is 22.6 Å². The zero-order valence-electron chi connectivity index (χ0n) is 10.6. The molecule has 0 bridgehead atoms. The standard InChI is InChI=1S/C12H16BrN3O3/c1-15(12(18)9-2-3-10(13)19-9)7-11(17)16-5-4-8(14)6-16/h2-3,8H,4-7,14H2,1H3/t8-/m1/s1. The van der Waals surface area contributed by atoms with Gasteiger partial charge < -0.3 is 20.0 Å². The Labute approximate surface area is 119 Å². The van der Waals surface area contributed by atoms with Crippen LogP contribution in [0.2, 0.25) is 0 Å². The van der Waals surface area contributed by atoms with Crippen LogP contribution in [0.25, 0.3) is 0 Å². The molecule has 1 atom stereocenters. The summed E-state index contributed by atoms with van der Waals surface area (Å²) < 4.78 is 5.66. The van der Waals surface area contributed by atoms with Crippen molar-refractivity contribution in [2.75, 3.05) is 26.7 Å². The van der Waals surface area contributed by atoms with Gasteiger partial charge in [0.1, 0.15) is 0 Å². The van der Waals surface area contributed by atoms with Crippen molar-refractivity contribution in [2.45, 2.75) is 12.5 Å². The zero-order chi connectivity index (χ0) is 14.0. The Bertz CT molecular complexity index is 488. The molecule has 0 radical (unpaired) electrons. The second kappa shape index (κ2) is 5.75. The average molecular weight is 330 g/mol. The van der Waals surface area contributed by atoms with Gasteiger partial charge in [0.25, 0.3) is 5.91 Å². The molecular formula is C12H16BrN3O3. The van der Waals surface area contributed by atoms with Gasteiger partial charge in [-0.15, -0.1) is 0 Å². The Morgan fingerprint density at radius 3 is 2.84 bits per heavy atom. The van der Waals surface area contributed by atoms with E-state index in [1.807, 2.05) is 0 Å². The third kappa shape index (κ3) is 3.36. The number of amides is 2. The molecule has 7 heteroatoms. The summed E-state index contributed by atoms with van der Waals surface area (Å²) in [5.41, 5.74) is 5.75. The summed E-state index contributed by atoms with van der Waals surface area (Å²) in [6.45, 7) is 1.26. The minimum absolute atomic E-state index is 0.0316. The number of carbonyl (C=O) groups excluding carboxylic acids is 2. The molecule has 0 spiro atoms. The molecule has 2 amide bonds. The Kier molecular flexibility index (Phi) is 4.26. The van der Waals surface area contributed by atoms with Crippen molar-refractivity contribution in [2.24, 2.45) is 5.73 Å². The van der Waals surface area contributed by atoms with Gasteiger partial charge in [0, 0.05) is 26.2 Å². The highest BCUT2D eigenvalue weighted by atomic mass is 79.9. The van der Waals surface area contributed by atoms with Crippen LogP contribution < -0.4 is 5.73 Å². The molecule has 6 nitrogen and oxygen atoms in total. The van der Waals surface area contributed by atoms with E-state index in [1.54, 1.807) is 24.1 Å². The topological polar surface area (TPSA) is 79.8 Å². The molecule has 1 fully saturated rings. The van der Waals surface area contributed by atoms with Crippen LogP contribution in [0, 0.1) is 0 Å². The van der Waals surface area contributed by atoms with E-state index < -0.39 is 0 Å². The number of nitrogens with two attached hydrogens (primary N) is 1. The fraction of sp³-hybridized carbons (Fsp3) is 0.500. The molecule has 2 heterocycles. The van der Waals surface area contributed by atoms with Gasteiger partial charge in [-0.1, -0.05) is 0 Å². The van der Waals surface area contributed by atoms with Crippen molar-refractivity contribution in [1.82, 2.24) is 9.80 Å². The summed E-state index contributed by atoms with van der Waals surface area (Å²) in [5.74, 6) is -0.197. The number of furan rings is 1. The lowest BCUT2D eigenvalue weighted by Gasteiger charge is -2.20. The SMILES string of the molecule is CN(CC(=O)N1CC[C@@H](N)C1)C(=O)c1ccc(Br)o1. The summed E-state index contributed by atoms with van der Waals surface area (Å²) >= 11 is 3.13. The van der Waals surface area contributed by atoms with Crippen LogP contribution >= 0.6 is 15.9 Å². The van der Waals surface area contributed by atoms with Crippen LogP contribution in [0.4, 0.5) is 0 Å². The highest BCUT2D eigenvalue weighted by Crippen LogP contribution is 2.15. The molecule has 2 rings (SSSR count). The lowest BCUT2D eigenvalue weighted by Crippen LogP contribution is -2.41. The monoisotopic (exact) mass is 329 g/mol. The summed E-state index contributed by atoms with van der Waals surface area (Å²) in [5, 5.41) is 0. The van der Waals surface area contributed by atoms with Crippen LogP contribution in [0.3, 0.4) is 0 Å². The van der Waals surface area contributed by atoms with Gasteiger partial charge in [-0.3, -0.25) is 9.59 Å². The van der Waals surface area contributed by atoms with Crippen LogP contribution in [0.1, 0.15) is 17.0 Å². The van der Waals surface area contributed by atoms with E-state index in [0.717, 1.165) is 6.42 Å². The maximum atomic E-state index is 12.0. The van der Waals surface area contributed by atoms with Gasteiger partial charge in [0.2, 0.25) is 5.91 Å². The minimum atomic E-state index is -0.317. The largest absolute Gasteiger partial charge is 0.444 e. The Morgan fingerprint density at radius 2 is 2.32 bits per heavy atom. The van der Waals surface area contributed by atoms with E-state index in [2.05, 4.69) is 15.9 Å². The van der Waals surface area contributed by atoms with Crippen LogP contribution in [-0.4, -0.2) is 54.3 Å². The Hall–Kier alpha value is -1.34. The highest BCUT2D eigenvalue weighted by Gasteiger charge is 2.26. The third-order valence-electron chi connectivity index (χ3n) is 3.08. The molecule has 0 unspecified atom stereocenters. The van der Waals surface area contributed by atoms with E-state index in [9.17, 15) is 9.59 Å². The molecule has 0 aromatic carbocycles. The average Bonchev–Trinajstić information content (AvgIpc) is 2.97. The number of hydrogen-bond acceptors (Lipinski definition) is 4. The van der Waals surface area contributed by atoms with E-state index in [-0.39, 0.29) is 30.2 Å². The third-order valence-corrected chi connectivity index (χ3v) is 3.51. The molecule has 0 aliphatic carbocycles. The number of halogens is 1. The van der Waals surface area contributed by atoms with Crippen molar-refractivity contribution in [3.8, 4) is 0 Å². The number of hydrogen-bond donors (Lipinski definition) is 1. The normalized spacial score (nSPS) is 18.7. The van der Waals surface area contributed by atoms with Crippen molar-refractivity contribution in [1.29, 1.82) is 0 Å². The van der Waals surface area contributed by atoms with E-state index in [1.165, 1.54) is 4.90 Å². The number of likely N-dealkylation sites (N-methyl/N-ethyl adjacent to an activating group) is 1. The molecule has 19 heavy (non-hydrogen) atoms. The maximum absolute atomic E-state index is 12.0. The second-order valence-corrected chi connectivity index (χ2v) is 5.44. The predicted molar refractivity (Wildman–Crippen MR) is 72.5 cm³/mol. The second-order valence-electron chi connectivity index (χ2n) is 4.65. The van der Waals surface area contributed by atoms with Gasteiger partial charge in [0.15, 0.2) is 10.4 Å². The lowest BCUT2D eigenvalue weighted by molar-refractivity contribution is -0.130. The summed E-state index contributed by atoms with van der Waals surface area (Å²) in [6, 6.07) is 3.26. The molecule has 1 saturated heterocycles. The van der Waals surface area contributed by atoms with Crippen LogP contribution in [-0.2, 0) is 4.79 Å². The number of nitrogens with zero attached hydrogens (tertiary/aromatic N) is 2. The fourth-order valence-corrected chi connectivity index (χ4v) is 2.31. The first-order chi connectivity index (χ1) is 8.97. The van der Waals surface area contributed by atoms with E-state index in [0.29, 0.717) is 17.8 Å². The minimum Gasteiger partial charge on any atom is -0.444 e. The molecule has 1 aromatic rings. The first-order valence-corrected chi connectivity index (χ1v) is 6.81. The lowest BCUT2D eigenvalue weighted by atomic mass is 10.3. The molecule has 1 aliphatic heterocycles. The first kappa shape index (κ1) is 14.1. The number of rotatable bonds is 3. The van der Waals surface area contributed by atoms with Crippen molar-refractivity contribution < 1.29 is 14.0 Å². The molecule has 2 N–H and O–H groups in total. The van der Waals surface area contributed by atoms with Crippen LogP contribution in [0.15, 0.2) is 21.2 Å². The summed E-state index contributed by atoms with van der Waals surface area (Å²) in [7, 11) is 1.58. The van der Waals surface area contributed by atoms with E-state index >= 15 is 0 Å². The van der Waals surface area contributed by atoms with Gasteiger partial charge >= 0.3 is 0 Å². The molecule has 1 aliphatic rings. The molecular weight excluding hydrogens is 314 g/mol. The van der Waals surface area contributed by atoms with Gasteiger partial charge in [0.05, 0.1) is 6.54 Å². The zero-order valence-corrected chi connectivity index (χ0v) is 12.2. The molecule has 0 saturated carbocycles. The Morgan fingerprint density at radius 1 is 1.58 bits per heavy atom.